The minimum absolute atomic E-state index is 0.609. The van der Waals surface area contributed by atoms with E-state index in [1.807, 2.05) is 12.4 Å². The van der Waals surface area contributed by atoms with Crippen molar-refractivity contribution in [2.24, 2.45) is 11.7 Å². The Morgan fingerprint density at radius 3 is 2.80 bits per heavy atom. The Hall–Kier alpha value is -1.09. The van der Waals surface area contributed by atoms with Crippen molar-refractivity contribution in [3.05, 3.63) is 24.5 Å². The van der Waals surface area contributed by atoms with Gasteiger partial charge in [-0.2, -0.15) is 0 Å². The van der Waals surface area contributed by atoms with E-state index in [-0.39, 0.29) is 0 Å². The van der Waals surface area contributed by atoms with Crippen molar-refractivity contribution in [3.63, 3.8) is 0 Å². The molecule has 0 spiro atoms. The zero-order valence-electron chi connectivity index (χ0n) is 9.26. The van der Waals surface area contributed by atoms with Gasteiger partial charge in [0.1, 0.15) is 0 Å². The molecular weight excluding hydrogens is 186 g/mol. The zero-order chi connectivity index (χ0) is 10.7. The molecule has 2 unspecified atom stereocenters. The van der Waals surface area contributed by atoms with Crippen LogP contribution in [0.3, 0.4) is 0 Å². The van der Waals surface area contributed by atoms with E-state index in [0.717, 1.165) is 6.54 Å². The molecule has 1 aliphatic carbocycles. The fraction of sp³-hybridized carbons (Fsp3) is 0.583. The van der Waals surface area contributed by atoms with Crippen molar-refractivity contribution in [3.8, 4) is 0 Å². The zero-order valence-corrected chi connectivity index (χ0v) is 9.26. The van der Waals surface area contributed by atoms with Crippen LogP contribution in [0, 0.1) is 5.92 Å². The summed E-state index contributed by atoms with van der Waals surface area (Å²) in [7, 11) is 2.16. The van der Waals surface area contributed by atoms with E-state index < -0.39 is 0 Å². The maximum absolute atomic E-state index is 5.80. The number of hydrogen-bond acceptors (Lipinski definition) is 3. The summed E-state index contributed by atoms with van der Waals surface area (Å²) in [5, 5.41) is 0. The van der Waals surface area contributed by atoms with Crippen molar-refractivity contribution in [1.82, 2.24) is 4.98 Å². The van der Waals surface area contributed by atoms with Crippen molar-refractivity contribution in [2.75, 3.05) is 18.5 Å². The molecule has 2 atom stereocenters. The normalized spacial score (nSPS) is 25.5. The molecular formula is C12H19N3. The molecule has 2 rings (SSSR count). The quantitative estimate of drug-likeness (QED) is 0.815. The van der Waals surface area contributed by atoms with Crippen LogP contribution < -0.4 is 10.6 Å². The molecule has 1 saturated carbocycles. The van der Waals surface area contributed by atoms with Gasteiger partial charge >= 0.3 is 0 Å². The van der Waals surface area contributed by atoms with Crippen LogP contribution in [-0.4, -0.2) is 24.6 Å². The highest BCUT2D eigenvalue weighted by atomic mass is 15.1. The molecule has 1 aromatic rings. The third-order valence-corrected chi connectivity index (χ3v) is 3.49. The SMILES string of the molecule is CN(c1ccncc1)C1CCCC1CN. The Morgan fingerprint density at radius 2 is 2.13 bits per heavy atom. The third kappa shape index (κ3) is 2.12. The predicted molar refractivity (Wildman–Crippen MR) is 62.8 cm³/mol. The minimum Gasteiger partial charge on any atom is -0.371 e. The third-order valence-electron chi connectivity index (χ3n) is 3.49. The number of nitrogens with zero attached hydrogens (tertiary/aromatic N) is 2. The van der Waals surface area contributed by atoms with Gasteiger partial charge in [0, 0.05) is 31.2 Å². The molecule has 2 N–H and O–H groups in total. The second-order valence-electron chi connectivity index (χ2n) is 4.31. The van der Waals surface area contributed by atoms with Gasteiger partial charge in [-0.3, -0.25) is 4.98 Å². The van der Waals surface area contributed by atoms with Gasteiger partial charge < -0.3 is 10.6 Å². The lowest BCUT2D eigenvalue weighted by Gasteiger charge is -2.30. The summed E-state index contributed by atoms with van der Waals surface area (Å²) in [6.45, 7) is 0.806. The summed E-state index contributed by atoms with van der Waals surface area (Å²) in [5.41, 5.74) is 7.05. The topological polar surface area (TPSA) is 42.2 Å². The Morgan fingerprint density at radius 1 is 1.40 bits per heavy atom. The summed E-state index contributed by atoms with van der Waals surface area (Å²) < 4.78 is 0. The van der Waals surface area contributed by atoms with E-state index in [1.54, 1.807) is 0 Å². The van der Waals surface area contributed by atoms with Gasteiger partial charge in [0.15, 0.2) is 0 Å². The largest absolute Gasteiger partial charge is 0.371 e. The van der Waals surface area contributed by atoms with Gasteiger partial charge in [-0.15, -0.1) is 0 Å². The first-order valence-corrected chi connectivity index (χ1v) is 5.66. The highest BCUT2D eigenvalue weighted by Crippen LogP contribution is 2.31. The molecule has 0 aliphatic heterocycles. The molecule has 15 heavy (non-hydrogen) atoms. The molecule has 1 aliphatic rings. The van der Waals surface area contributed by atoms with E-state index in [0.29, 0.717) is 12.0 Å². The number of pyridine rings is 1. The van der Waals surface area contributed by atoms with E-state index in [2.05, 4.69) is 29.1 Å². The van der Waals surface area contributed by atoms with Gasteiger partial charge in [0.2, 0.25) is 0 Å². The fourth-order valence-corrected chi connectivity index (χ4v) is 2.57. The molecule has 0 saturated heterocycles. The Bertz CT molecular complexity index is 299. The van der Waals surface area contributed by atoms with Crippen LogP contribution in [0.4, 0.5) is 5.69 Å². The smallest absolute Gasteiger partial charge is 0.0397 e. The van der Waals surface area contributed by atoms with Crippen molar-refractivity contribution in [2.45, 2.75) is 25.3 Å². The predicted octanol–water partition coefficient (Wildman–Crippen LogP) is 1.65. The lowest BCUT2D eigenvalue weighted by Crippen LogP contribution is -2.37. The average Bonchev–Trinajstić information content (AvgIpc) is 2.77. The summed E-state index contributed by atoms with van der Waals surface area (Å²) in [4.78, 5) is 6.40. The molecule has 0 radical (unpaired) electrons. The van der Waals surface area contributed by atoms with E-state index in [4.69, 9.17) is 5.73 Å². The number of nitrogens with two attached hydrogens (primary N) is 1. The Kier molecular flexibility index (Phi) is 3.21. The Balaban J connectivity index is 2.10. The summed E-state index contributed by atoms with van der Waals surface area (Å²) in [5.74, 6) is 0.656. The van der Waals surface area contributed by atoms with Crippen LogP contribution in [0.25, 0.3) is 0 Å². The first-order valence-electron chi connectivity index (χ1n) is 5.66. The maximum Gasteiger partial charge on any atom is 0.0397 e. The molecule has 1 fully saturated rings. The molecule has 82 valence electrons. The number of hydrogen-bond donors (Lipinski definition) is 1. The standard InChI is InChI=1S/C12H19N3/c1-15(11-5-7-14-8-6-11)12-4-2-3-10(12)9-13/h5-8,10,12H,2-4,9,13H2,1H3. The second kappa shape index (κ2) is 4.62. The van der Waals surface area contributed by atoms with Crippen LogP contribution in [0.15, 0.2) is 24.5 Å². The van der Waals surface area contributed by atoms with Gasteiger partial charge in [-0.25, -0.2) is 0 Å². The molecule has 0 aromatic carbocycles. The number of aromatic nitrogens is 1. The van der Waals surface area contributed by atoms with Crippen LogP contribution >= 0.6 is 0 Å². The van der Waals surface area contributed by atoms with E-state index in [1.165, 1.54) is 24.9 Å². The Labute approximate surface area is 91.3 Å². The van der Waals surface area contributed by atoms with E-state index in [9.17, 15) is 0 Å². The van der Waals surface area contributed by atoms with Gasteiger partial charge in [0.25, 0.3) is 0 Å². The lowest BCUT2D eigenvalue weighted by molar-refractivity contribution is 0.474. The van der Waals surface area contributed by atoms with Crippen molar-refractivity contribution < 1.29 is 0 Å². The van der Waals surface area contributed by atoms with Crippen LogP contribution in [0.2, 0.25) is 0 Å². The van der Waals surface area contributed by atoms with Crippen molar-refractivity contribution in [1.29, 1.82) is 0 Å². The molecule has 0 amide bonds. The van der Waals surface area contributed by atoms with Crippen LogP contribution in [0.1, 0.15) is 19.3 Å². The lowest BCUT2D eigenvalue weighted by atomic mass is 10.0. The first-order chi connectivity index (χ1) is 7.33. The van der Waals surface area contributed by atoms with Crippen LogP contribution in [-0.2, 0) is 0 Å². The minimum atomic E-state index is 0.609. The van der Waals surface area contributed by atoms with Crippen LogP contribution in [0.5, 0.6) is 0 Å². The van der Waals surface area contributed by atoms with E-state index >= 15 is 0 Å². The highest BCUT2D eigenvalue weighted by Gasteiger charge is 2.29. The number of anilines is 1. The molecule has 3 nitrogen and oxygen atoms in total. The monoisotopic (exact) mass is 205 g/mol. The molecule has 0 bridgehead atoms. The molecule has 1 aromatic heterocycles. The molecule has 3 heteroatoms. The molecule has 1 heterocycles. The second-order valence-corrected chi connectivity index (χ2v) is 4.31. The number of rotatable bonds is 3. The summed E-state index contributed by atoms with van der Waals surface area (Å²) in [6, 6.07) is 4.73. The van der Waals surface area contributed by atoms with Gasteiger partial charge in [-0.1, -0.05) is 6.42 Å². The van der Waals surface area contributed by atoms with Crippen molar-refractivity contribution >= 4 is 5.69 Å². The first kappa shape index (κ1) is 10.4. The average molecular weight is 205 g/mol. The summed E-state index contributed by atoms with van der Waals surface area (Å²) in [6.07, 6.45) is 7.54. The fourth-order valence-electron chi connectivity index (χ4n) is 2.57. The summed E-state index contributed by atoms with van der Waals surface area (Å²) >= 11 is 0. The van der Waals surface area contributed by atoms with Gasteiger partial charge in [-0.05, 0) is 37.4 Å². The highest BCUT2D eigenvalue weighted by molar-refractivity contribution is 5.45. The van der Waals surface area contributed by atoms with Gasteiger partial charge in [0.05, 0.1) is 0 Å². The maximum atomic E-state index is 5.80.